The van der Waals surface area contributed by atoms with Crippen LogP contribution in [0.5, 0.6) is 5.75 Å². The third-order valence-electron chi connectivity index (χ3n) is 11.8. The van der Waals surface area contributed by atoms with Crippen molar-refractivity contribution >= 4 is 72.0 Å². The van der Waals surface area contributed by atoms with Gasteiger partial charge in [0.2, 0.25) is 5.69 Å². The second-order valence-electron chi connectivity index (χ2n) is 16.6. The number of ether oxygens (including phenoxy) is 1. The molecule has 1 atom stereocenters. The number of rotatable bonds is 14. The maximum Gasteiger partial charge on any atom is 0.333 e. The Balaban J connectivity index is 1.32. The van der Waals surface area contributed by atoms with Crippen LogP contribution in [0.2, 0.25) is 0 Å². The molecule has 0 saturated carbocycles. The molecule has 2 N–H and O–H groups in total. The van der Waals surface area contributed by atoms with Crippen molar-refractivity contribution in [2.24, 2.45) is 0 Å². The molecule has 3 aromatic carbocycles. The fraction of sp³-hybridized carbons (Fsp3) is 0.348. The number of carbonyl (C=O) groups excluding carboxylic acids is 3. The van der Waals surface area contributed by atoms with Crippen molar-refractivity contribution in [1.82, 2.24) is 5.06 Å². The molecule has 2 amide bonds. The standard InChI is InChI=1S/C46H49N3O11S2/c1-6-48-38-28-40-35(27-34(38)30(2)29-45(48,3)4)32(25-39(59-40)31-13-8-7-9-14-31)15-10-16-41-46(5,22-11-17-44(52)60-49-42(50)20-21-43(49)51)36-26-33(62(56,57)58)18-19-37(36)47(41)23-12-24-61(53,54)55/h7-10,13-16,18-19,25-29H,6,11-12,17,20-24H2,1-5H3,(H-,53,54,55,56,57,58)/p+1. The predicted molar refractivity (Wildman–Crippen MR) is 235 cm³/mol. The first kappa shape index (κ1) is 44.4. The molecule has 4 aliphatic rings. The number of likely N-dealkylation sites (N-methyl/N-ethyl adjacent to an activating group) is 1. The van der Waals surface area contributed by atoms with Gasteiger partial charge >= 0.3 is 5.97 Å². The van der Waals surface area contributed by atoms with Gasteiger partial charge in [0, 0.05) is 78.4 Å². The molecule has 14 nitrogen and oxygen atoms in total. The third kappa shape index (κ3) is 8.96. The molecule has 4 aliphatic heterocycles. The molecule has 0 aromatic heterocycles. The molecule has 62 heavy (non-hydrogen) atoms. The maximum atomic E-state index is 12.9. The Bertz CT molecular complexity index is 2740. The molecule has 1 unspecified atom stereocenters. The average Bonchev–Trinajstić information content (AvgIpc) is 3.63. The number of benzene rings is 3. The fourth-order valence-corrected chi connectivity index (χ4v) is 9.98. The molecule has 0 radical (unpaired) electrons. The minimum Gasteiger partial charge on any atom is -0.456 e. The van der Waals surface area contributed by atoms with Gasteiger partial charge in [0.05, 0.1) is 21.6 Å². The molecular weight excluding hydrogens is 835 g/mol. The summed E-state index contributed by atoms with van der Waals surface area (Å²) < 4.78 is 76.7. The van der Waals surface area contributed by atoms with Crippen molar-refractivity contribution < 1.29 is 54.5 Å². The summed E-state index contributed by atoms with van der Waals surface area (Å²) in [6.45, 7) is 11.3. The Morgan fingerprint density at radius 1 is 0.952 bits per heavy atom. The Morgan fingerprint density at radius 2 is 1.66 bits per heavy atom. The number of fused-ring (bicyclic) bond motifs is 3. The smallest absolute Gasteiger partial charge is 0.333 e. The lowest BCUT2D eigenvalue weighted by Crippen LogP contribution is -2.44. The number of hydrogen-bond donors (Lipinski definition) is 2. The molecule has 1 saturated heterocycles. The highest BCUT2D eigenvalue weighted by molar-refractivity contribution is 7.86. The zero-order valence-corrected chi connectivity index (χ0v) is 36.9. The topological polar surface area (TPSA) is 188 Å². The van der Waals surface area contributed by atoms with E-state index in [0.29, 0.717) is 33.5 Å². The second-order valence-corrected chi connectivity index (χ2v) is 19.6. The van der Waals surface area contributed by atoms with Gasteiger partial charge in [-0.1, -0.05) is 48.6 Å². The summed E-state index contributed by atoms with van der Waals surface area (Å²) >= 11 is 0. The van der Waals surface area contributed by atoms with Crippen molar-refractivity contribution in [2.75, 3.05) is 23.7 Å². The van der Waals surface area contributed by atoms with E-state index in [1.807, 2.05) is 66.1 Å². The fourth-order valence-electron chi connectivity index (χ4n) is 8.98. The molecule has 7 rings (SSSR count). The van der Waals surface area contributed by atoms with E-state index in [9.17, 15) is 40.3 Å². The lowest BCUT2D eigenvalue weighted by molar-refractivity contribution is -0.437. The number of carbonyl (C=O) groups is 3. The lowest BCUT2D eigenvalue weighted by Gasteiger charge is -2.43. The lowest BCUT2D eigenvalue weighted by atomic mass is 9.75. The Labute approximate surface area is 362 Å². The van der Waals surface area contributed by atoms with Crippen molar-refractivity contribution in [3.8, 4) is 5.75 Å². The normalized spacial score (nSPS) is 20.3. The van der Waals surface area contributed by atoms with Crippen molar-refractivity contribution in [3.63, 3.8) is 0 Å². The SMILES string of the molecule is CCN1c2cc3c(cc2C(C)=CC1(C)C)/C(=C/C=C/C1=[N+](CCCS(=O)(=O)O)c2ccc(S(=O)(=O)O)cc2C1(C)CCCC(=O)ON1C(=O)CCC1=O)C=C(c1ccccc1)O3. The average molecular weight is 885 g/mol. The summed E-state index contributed by atoms with van der Waals surface area (Å²) in [7, 11) is -8.97. The van der Waals surface area contributed by atoms with Gasteiger partial charge in [-0.25, -0.2) is 4.79 Å². The van der Waals surface area contributed by atoms with E-state index in [4.69, 9.17) is 9.57 Å². The van der Waals surface area contributed by atoms with Crippen LogP contribution < -0.4 is 9.64 Å². The van der Waals surface area contributed by atoms with Crippen LogP contribution >= 0.6 is 0 Å². The highest BCUT2D eigenvalue weighted by Gasteiger charge is 2.48. The zero-order chi connectivity index (χ0) is 44.8. The first-order chi connectivity index (χ1) is 29.2. The van der Waals surface area contributed by atoms with E-state index in [1.54, 1.807) is 0 Å². The Kier molecular flexibility index (Phi) is 12.1. The Morgan fingerprint density at radius 3 is 2.32 bits per heavy atom. The molecule has 0 spiro atoms. The molecule has 326 valence electrons. The van der Waals surface area contributed by atoms with Crippen LogP contribution in [0.4, 0.5) is 11.4 Å². The number of hydrogen-bond acceptors (Lipinski definition) is 10. The van der Waals surface area contributed by atoms with E-state index in [1.165, 1.54) is 18.2 Å². The quantitative estimate of drug-likeness (QED) is 0.0927. The van der Waals surface area contributed by atoms with Crippen molar-refractivity contribution in [2.45, 2.75) is 89.0 Å². The summed E-state index contributed by atoms with van der Waals surface area (Å²) in [6.07, 6.45) is 9.95. The van der Waals surface area contributed by atoms with Gasteiger partial charge in [-0.2, -0.15) is 21.4 Å². The molecule has 4 heterocycles. The number of nitrogens with zero attached hydrogens (tertiary/aromatic N) is 3. The first-order valence-corrected chi connectivity index (χ1v) is 23.5. The predicted octanol–water partition coefficient (Wildman–Crippen LogP) is 7.44. The summed E-state index contributed by atoms with van der Waals surface area (Å²) in [6, 6.07) is 18.1. The molecule has 3 aromatic rings. The summed E-state index contributed by atoms with van der Waals surface area (Å²) in [5.74, 6) is -1.23. The summed E-state index contributed by atoms with van der Waals surface area (Å²) in [5, 5.41) is 0.484. The number of anilines is 1. The van der Waals surface area contributed by atoms with Gasteiger partial charge in [-0.3, -0.25) is 18.7 Å². The van der Waals surface area contributed by atoms with Gasteiger partial charge in [-0.05, 0) is 82.9 Å². The number of allylic oxidation sites excluding steroid dienone is 6. The largest absolute Gasteiger partial charge is 0.456 e. The van der Waals surface area contributed by atoms with Crippen LogP contribution in [-0.4, -0.2) is 83.5 Å². The van der Waals surface area contributed by atoms with Crippen LogP contribution in [-0.2, 0) is 44.9 Å². The molecule has 1 fully saturated rings. The highest BCUT2D eigenvalue weighted by atomic mass is 32.2. The van der Waals surface area contributed by atoms with Crippen LogP contribution in [0, 0.1) is 0 Å². The van der Waals surface area contributed by atoms with Crippen LogP contribution in [0.15, 0.2) is 95.9 Å². The number of hydroxylamine groups is 2. The van der Waals surface area contributed by atoms with Gasteiger partial charge in [-0.15, -0.1) is 5.06 Å². The first-order valence-electron chi connectivity index (χ1n) is 20.5. The Hall–Kier alpha value is -5.68. The van der Waals surface area contributed by atoms with Crippen LogP contribution in [0.25, 0.3) is 16.9 Å². The maximum absolute atomic E-state index is 12.9. The van der Waals surface area contributed by atoms with E-state index >= 15 is 0 Å². The van der Waals surface area contributed by atoms with Crippen LogP contribution in [0.3, 0.4) is 0 Å². The van der Waals surface area contributed by atoms with Gasteiger partial charge in [0.25, 0.3) is 32.1 Å². The number of imide groups is 1. The number of amides is 2. The minimum atomic E-state index is -4.65. The highest BCUT2D eigenvalue weighted by Crippen LogP contribution is 2.48. The van der Waals surface area contributed by atoms with Gasteiger partial charge in [0.1, 0.15) is 18.1 Å². The van der Waals surface area contributed by atoms with E-state index in [-0.39, 0.29) is 55.5 Å². The van der Waals surface area contributed by atoms with Gasteiger partial charge < -0.3 is 14.5 Å². The molecule has 0 aliphatic carbocycles. The van der Waals surface area contributed by atoms with Crippen molar-refractivity contribution in [3.05, 3.63) is 113 Å². The van der Waals surface area contributed by atoms with Crippen molar-refractivity contribution in [1.29, 1.82) is 0 Å². The molecular formula is C46H50N3O11S2+. The zero-order valence-electron chi connectivity index (χ0n) is 35.3. The monoisotopic (exact) mass is 884 g/mol. The van der Waals surface area contributed by atoms with E-state index < -0.39 is 49.2 Å². The van der Waals surface area contributed by atoms with Crippen LogP contribution in [0.1, 0.15) is 95.4 Å². The summed E-state index contributed by atoms with van der Waals surface area (Å²) in [5.41, 5.74) is 6.22. The van der Waals surface area contributed by atoms with E-state index in [0.717, 1.165) is 40.1 Å². The summed E-state index contributed by atoms with van der Waals surface area (Å²) in [4.78, 5) is 44.2. The molecule has 16 heteroatoms. The van der Waals surface area contributed by atoms with Gasteiger partial charge in [0.15, 0.2) is 5.71 Å². The minimum absolute atomic E-state index is 0.00843. The molecule has 0 bridgehead atoms. The second kappa shape index (κ2) is 16.9. The third-order valence-corrected chi connectivity index (χ3v) is 13.5. The van der Waals surface area contributed by atoms with E-state index in [2.05, 4.69) is 50.8 Å².